The molecule has 3 aromatic rings. The SMILES string of the molecule is CCC(C)(C)C(=O)/C=C(\O)C(C)(C)CC.Cc1[c-]c(Oc2cc3occ(C(C)C)c3cn2)cc(C)c1.[Ir]. The van der Waals surface area contributed by atoms with Crippen LogP contribution in [0.25, 0.3) is 11.0 Å². The second-order valence-electron chi connectivity index (χ2n) is 11.0. The topological polar surface area (TPSA) is 72.6 Å². The summed E-state index contributed by atoms with van der Waals surface area (Å²) in [6, 6.07) is 9.01. The molecule has 0 amide bonds. The number of allylic oxidation sites excluding steroid dienone is 2. The molecule has 2 aromatic heterocycles. The number of ether oxygens (including phenoxy) is 1. The Morgan fingerprint density at radius 1 is 1.11 bits per heavy atom. The predicted octanol–water partition coefficient (Wildman–Crippen LogP) is 9.03. The number of aromatic nitrogens is 1. The second-order valence-corrected chi connectivity index (χ2v) is 11.0. The van der Waals surface area contributed by atoms with Crippen LogP contribution >= 0.6 is 0 Å². The second kappa shape index (κ2) is 13.4. The molecule has 6 heteroatoms. The molecule has 3 rings (SSSR count). The number of benzene rings is 1. The molecule has 0 bridgehead atoms. The number of furan rings is 1. The quantitative estimate of drug-likeness (QED) is 0.146. The molecular weight excluding hydrogens is 643 g/mol. The maximum absolute atomic E-state index is 11.8. The monoisotopic (exact) mass is 685 g/mol. The smallest absolute Gasteiger partial charge is 0.220 e. The van der Waals surface area contributed by atoms with Crippen molar-refractivity contribution < 1.29 is 39.2 Å². The first-order valence-electron chi connectivity index (χ1n) is 12.7. The van der Waals surface area contributed by atoms with Gasteiger partial charge in [0.2, 0.25) is 5.88 Å². The van der Waals surface area contributed by atoms with Crippen molar-refractivity contribution in [2.75, 3.05) is 0 Å². The molecule has 0 aliphatic heterocycles. The van der Waals surface area contributed by atoms with Crippen LogP contribution in [0, 0.1) is 30.7 Å². The van der Waals surface area contributed by atoms with Gasteiger partial charge in [-0.2, -0.15) is 17.2 Å². The molecule has 0 saturated carbocycles. The molecule has 0 aliphatic rings. The fourth-order valence-electron chi connectivity index (χ4n) is 3.32. The van der Waals surface area contributed by atoms with Crippen molar-refractivity contribution in [3.8, 4) is 11.6 Å². The van der Waals surface area contributed by atoms with Crippen LogP contribution in [-0.2, 0) is 24.9 Å². The largest absolute Gasteiger partial charge is 0.512 e. The van der Waals surface area contributed by atoms with Gasteiger partial charge in [-0.25, -0.2) is 4.98 Å². The minimum Gasteiger partial charge on any atom is -0.512 e. The molecule has 1 aromatic carbocycles. The zero-order chi connectivity index (χ0) is 27.3. The summed E-state index contributed by atoms with van der Waals surface area (Å²) in [5.41, 5.74) is 3.47. The van der Waals surface area contributed by atoms with E-state index in [1.54, 1.807) is 6.26 Å². The minimum atomic E-state index is -0.377. The number of carbonyl (C=O) groups excluding carboxylic acids is 1. The van der Waals surface area contributed by atoms with Crippen LogP contribution in [0.3, 0.4) is 0 Å². The molecule has 1 radical (unpaired) electrons. The van der Waals surface area contributed by atoms with Gasteiger partial charge in [-0.05, 0) is 18.8 Å². The summed E-state index contributed by atoms with van der Waals surface area (Å²) in [5.74, 6) is 1.80. The molecule has 0 spiro atoms. The van der Waals surface area contributed by atoms with E-state index < -0.39 is 0 Å². The summed E-state index contributed by atoms with van der Waals surface area (Å²) in [6.07, 6.45) is 6.60. The van der Waals surface area contributed by atoms with Crippen molar-refractivity contribution in [2.24, 2.45) is 10.8 Å². The van der Waals surface area contributed by atoms with Crippen LogP contribution in [-0.4, -0.2) is 15.9 Å². The molecule has 1 N–H and O–H groups in total. The number of aryl methyl sites for hydroxylation is 2. The van der Waals surface area contributed by atoms with Gasteiger partial charge in [-0.15, -0.1) is 12.1 Å². The van der Waals surface area contributed by atoms with Crippen LogP contribution in [0.15, 0.2) is 46.9 Å². The molecule has 0 aliphatic carbocycles. The third-order valence-electron chi connectivity index (χ3n) is 6.82. The van der Waals surface area contributed by atoms with Gasteiger partial charge in [-0.3, -0.25) is 4.79 Å². The van der Waals surface area contributed by atoms with Crippen LogP contribution in [0.5, 0.6) is 11.6 Å². The Morgan fingerprint density at radius 2 is 1.73 bits per heavy atom. The van der Waals surface area contributed by atoms with Gasteiger partial charge in [0.25, 0.3) is 0 Å². The van der Waals surface area contributed by atoms with Gasteiger partial charge in [0, 0.05) is 66.0 Å². The van der Waals surface area contributed by atoms with Crippen LogP contribution in [0.2, 0.25) is 0 Å². The molecular formula is C31H42IrNO4-. The Kier molecular flexibility index (Phi) is 11.8. The van der Waals surface area contributed by atoms with E-state index in [0.29, 0.717) is 17.5 Å². The maximum atomic E-state index is 11.8. The van der Waals surface area contributed by atoms with Crippen LogP contribution in [0.1, 0.15) is 90.8 Å². The Bertz CT molecular complexity index is 1200. The van der Waals surface area contributed by atoms with Crippen LogP contribution in [0.4, 0.5) is 0 Å². The van der Waals surface area contributed by atoms with Gasteiger partial charge >= 0.3 is 0 Å². The summed E-state index contributed by atoms with van der Waals surface area (Å²) in [7, 11) is 0. The van der Waals surface area contributed by atoms with Crippen molar-refractivity contribution in [1.82, 2.24) is 4.98 Å². The first kappa shape index (κ1) is 32.6. The van der Waals surface area contributed by atoms with E-state index in [4.69, 9.17) is 9.15 Å². The number of hydrogen-bond acceptors (Lipinski definition) is 5. The molecule has 0 unspecified atom stereocenters. The Balaban J connectivity index is 0.000000384. The summed E-state index contributed by atoms with van der Waals surface area (Å²) in [6.45, 7) is 20.0. The third-order valence-corrected chi connectivity index (χ3v) is 6.82. The summed E-state index contributed by atoms with van der Waals surface area (Å²) >= 11 is 0. The van der Waals surface area contributed by atoms with Crippen LogP contribution < -0.4 is 4.74 Å². The Hall–Kier alpha value is -2.43. The fraction of sp³-hybridized carbons (Fsp3) is 0.484. The average Bonchev–Trinajstić information content (AvgIpc) is 3.22. The number of nitrogens with zero attached hydrogens (tertiary/aromatic N) is 1. The van der Waals surface area contributed by atoms with Crippen molar-refractivity contribution >= 4 is 16.8 Å². The van der Waals surface area contributed by atoms with E-state index in [-0.39, 0.29) is 42.5 Å². The average molecular weight is 685 g/mol. The molecule has 2 heterocycles. The standard InChI is InChI=1S/C18H18NO2.C13H24O2.Ir/c1-11(2)16-10-20-17-8-18(19-9-15(16)17)21-14-6-12(3)5-13(4)7-14;1-7-12(3,4)10(14)9-11(15)13(5,6)8-2;/h5-6,8-11H,1-4H3;9,14H,7-8H2,1-6H3;/q-1;;/b;10-9-;. The molecule has 37 heavy (non-hydrogen) atoms. The summed E-state index contributed by atoms with van der Waals surface area (Å²) in [5, 5.41) is 10.9. The Labute approximate surface area is 236 Å². The van der Waals surface area contributed by atoms with E-state index in [9.17, 15) is 9.90 Å². The molecule has 5 nitrogen and oxygen atoms in total. The zero-order valence-electron chi connectivity index (χ0n) is 23.9. The van der Waals surface area contributed by atoms with Gasteiger partial charge in [-0.1, -0.05) is 69.2 Å². The summed E-state index contributed by atoms with van der Waals surface area (Å²) in [4.78, 5) is 16.2. The summed E-state index contributed by atoms with van der Waals surface area (Å²) < 4.78 is 11.4. The fourth-order valence-corrected chi connectivity index (χ4v) is 3.32. The number of rotatable bonds is 8. The zero-order valence-corrected chi connectivity index (χ0v) is 26.3. The molecule has 205 valence electrons. The maximum Gasteiger partial charge on any atom is 0.220 e. The minimum absolute atomic E-state index is 0. The molecule has 0 fully saturated rings. The number of fused-ring (bicyclic) bond motifs is 1. The van der Waals surface area contributed by atoms with Gasteiger partial charge in [0.1, 0.15) is 11.3 Å². The Morgan fingerprint density at radius 3 is 2.27 bits per heavy atom. The number of ketones is 1. The number of hydrogen-bond donors (Lipinski definition) is 1. The first-order valence-corrected chi connectivity index (χ1v) is 12.7. The van der Waals surface area contributed by atoms with E-state index >= 15 is 0 Å². The normalized spacial score (nSPS) is 12.1. The van der Waals surface area contributed by atoms with Crippen molar-refractivity contribution in [1.29, 1.82) is 0 Å². The third kappa shape index (κ3) is 8.83. The van der Waals surface area contributed by atoms with Crippen molar-refractivity contribution in [3.63, 3.8) is 0 Å². The number of pyridine rings is 1. The first-order chi connectivity index (χ1) is 16.7. The molecule has 0 saturated heterocycles. The number of carbonyl (C=O) groups is 1. The van der Waals surface area contributed by atoms with E-state index in [1.807, 2.05) is 73.7 Å². The molecule has 0 atom stereocenters. The van der Waals surface area contributed by atoms with Crippen molar-refractivity contribution in [2.45, 2.75) is 88.0 Å². The number of aliphatic hydroxyl groups is 1. The number of aliphatic hydroxyl groups excluding tert-OH is 1. The predicted molar refractivity (Wildman–Crippen MR) is 147 cm³/mol. The van der Waals surface area contributed by atoms with Gasteiger partial charge in [0.15, 0.2) is 5.78 Å². The van der Waals surface area contributed by atoms with E-state index in [0.717, 1.165) is 34.9 Å². The van der Waals surface area contributed by atoms with Gasteiger partial charge < -0.3 is 14.3 Å². The van der Waals surface area contributed by atoms with Crippen molar-refractivity contribution in [3.05, 3.63) is 65.3 Å². The van der Waals surface area contributed by atoms with E-state index in [1.165, 1.54) is 11.6 Å². The van der Waals surface area contributed by atoms with Gasteiger partial charge in [0.05, 0.1) is 6.26 Å². The van der Waals surface area contributed by atoms with E-state index in [2.05, 4.69) is 31.0 Å².